The van der Waals surface area contributed by atoms with Crippen LogP contribution in [0.4, 0.5) is 13.2 Å². The van der Waals surface area contributed by atoms with E-state index in [1.165, 1.54) is 0 Å². The molecule has 0 spiro atoms. The van der Waals surface area contributed by atoms with Crippen LogP contribution in [0.25, 0.3) is 0 Å². The highest BCUT2D eigenvalue weighted by molar-refractivity contribution is 4.99. The second-order valence-corrected chi connectivity index (χ2v) is 2.60. The number of hydrogen-bond donors (Lipinski definition) is 0. The van der Waals surface area contributed by atoms with E-state index in [1.807, 2.05) is 0 Å². The van der Waals surface area contributed by atoms with Gasteiger partial charge in [0, 0.05) is 5.92 Å². The van der Waals surface area contributed by atoms with Crippen molar-refractivity contribution >= 4 is 0 Å². The Bertz CT molecular complexity index is 152. The Labute approximate surface area is 62.8 Å². The monoisotopic (exact) mass is 166 g/mol. The van der Waals surface area contributed by atoms with E-state index in [9.17, 15) is 13.2 Å². The van der Waals surface area contributed by atoms with Crippen LogP contribution in [0.3, 0.4) is 0 Å². The summed E-state index contributed by atoms with van der Waals surface area (Å²) in [6.45, 7) is 2.32. The summed E-state index contributed by atoms with van der Waals surface area (Å²) < 4.78 is 39.1. The van der Waals surface area contributed by atoms with Gasteiger partial charge in [0.15, 0.2) is 0 Å². The lowest BCUT2D eigenvalue weighted by Crippen LogP contribution is -2.18. The Morgan fingerprint density at radius 3 is 2.55 bits per heavy atom. The maximum Gasteiger partial charge on any atom is 0.411 e. The van der Waals surface area contributed by atoms with E-state index < -0.39 is 12.8 Å². The average molecular weight is 166 g/mol. The maximum atomic E-state index is 11.5. The smallest absolute Gasteiger partial charge is 0.368 e. The topological polar surface area (TPSA) is 9.23 Å². The summed E-state index contributed by atoms with van der Waals surface area (Å²) in [7, 11) is 0. The molecule has 11 heavy (non-hydrogen) atoms. The molecule has 1 nitrogen and oxygen atoms in total. The van der Waals surface area contributed by atoms with Crippen LogP contribution in [0.15, 0.2) is 12.7 Å². The van der Waals surface area contributed by atoms with Gasteiger partial charge >= 0.3 is 6.18 Å². The molecule has 4 heteroatoms. The van der Waals surface area contributed by atoms with E-state index in [4.69, 9.17) is 0 Å². The Hall–Kier alpha value is -0.510. The minimum absolute atomic E-state index is 0.136. The predicted molar refractivity (Wildman–Crippen MR) is 34.1 cm³/mol. The fraction of sp³-hybridized carbons (Fsp3) is 0.714. The maximum absolute atomic E-state index is 11.5. The summed E-state index contributed by atoms with van der Waals surface area (Å²) in [6, 6.07) is 0. The molecule has 1 fully saturated rings. The minimum atomic E-state index is -4.20. The molecule has 0 N–H and O–H groups in total. The van der Waals surface area contributed by atoms with Crippen molar-refractivity contribution in [3.05, 3.63) is 12.7 Å². The van der Waals surface area contributed by atoms with Gasteiger partial charge in [-0.25, -0.2) is 0 Å². The van der Waals surface area contributed by atoms with Crippen molar-refractivity contribution < 1.29 is 17.9 Å². The first-order chi connectivity index (χ1) is 5.03. The minimum Gasteiger partial charge on any atom is -0.368 e. The summed E-state index contributed by atoms with van der Waals surface area (Å²) in [5, 5.41) is 0. The SMILES string of the molecule is C=CC1CC1OCC(F)(F)F. The van der Waals surface area contributed by atoms with Crippen molar-refractivity contribution in [3.8, 4) is 0 Å². The van der Waals surface area contributed by atoms with Gasteiger partial charge in [-0.2, -0.15) is 13.2 Å². The van der Waals surface area contributed by atoms with Gasteiger partial charge in [0.1, 0.15) is 6.61 Å². The van der Waals surface area contributed by atoms with Crippen LogP contribution in [0.2, 0.25) is 0 Å². The number of rotatable bonds is 3. The number of hydrogen-bond acceptors (Lipinski definition) is 1. The number of ether oxygens (including phenoxy) is 1. The van der Waals surface area contributed by atoms with Crippen LogP contribution < -0.4 is 0 Å². The van der Waals surface area contributed by atoms with Crippen molar-refractivity contribution in [2.45, 2.75) is 18.7 Å². The standard InChI is InChI=1S/C7H9F3O/c1-2-5-3-6(5)11-4-7(8,9)10/h2,5-6H,1,3-4H2. The van der Waals surface area contributed by atoms with E-state index in [0.717, 1.165) is 0 Å². The third-order valence-electron chi connectivity index (χ3n) is 1.54. The second kappa shape index (κ2) is 2.85. The lowest BCUT2D eigenvalue weighted by Gasteiger charge is -2.05. The molecule has 2 unspecified atom stereocenters. The first-order valence-electron chi connectivity index (χ1n) is 3.34. The van der Waals surface area contributed by atoms with Gasteiger partial charge in [-0.3, -0.25) is 0 Å². The zero-order chi connectivity index (χ0) is 8.48. The molecule has 1 rings (SSSR count). The highest BCUT2D eigenvalue weighted by atomic mass is 19.4. The summed E-state index contributed by atoms with van der Waals surface area (Å²) in [5.41, 5.74) is 0. The summed E-state index contributed by atoms with van der Waals surface area (Å²) in [6.07, 6.45) is -2.14. The fourth-order valence-corrected chi connectivity index (χ4v) is 0.831. The fourth-order valence-electron chi connectivity index (χ4n) is 0.831. The molecule has 2 atom stereocenters. The predicted octanol–water partition coefficient (Wildman–Crippen LogP) is 2.14. The molecule has 0 aromatic heterocycles. The van der Waals surface area contributed by atoms with Gasteiger partial charge in [0.05, 0.1) is 6.10 Å². The summed E-state index contributed by atoms with van der Waals surface area (Å²) >= 11 is 0. The normalized spacial score (nSPS) is 30.1. The Kier molecular flexibility index (Phi) is 2.23. The molecule has 64 valence electrons. The highest BCUT2D eigenvalue weighted by Crippen LogP contribution is 2.35. The van der Waals surface area contributed by atoms with Gasteiger partial charge in [-0.05, 0) is 6.42 Å². The van der Waals surface area contributed by atoms with Crippen molar-refractivity contribution in [1.29, 1.82) is 0 Å². The van der Waals surface area contributed by atoms with Gasteiger partial charge < -0.3 is 4.74 Å². The summed E-state index contributed by atoms with van der Waals surface area (Å²) in [4.78, 5) is 0. The molecule has 0 radical (unpaired) electrons. The molecular weight excluding hydrogens is 157 g/mol. The molecule has 0 aromatic carbocycles. The Morgan fingerprint density at radius 1 is 1.55 bits per heavy atom. The van der Waals surface area contributed by atoms with Crippen LogP contribution in [-0.2, 0) is 4.74 Å². The molecule has 0 heterocycles. The molecule has 0 bridgehead atoms. The van der Waals surface area contributed by atoms with E-state index in [-0.39, 0.29) is 12.0 Å². The molecular formula is C7H9F3O. The van der Waals surface area contributed by atoms with E-state index >= 15 is 0 Å². The van der Waals surface area contributed by atoms with Crippen LogP contribution in [0.5, 0.6) is 0 Å². The lowest BCUT2D eigenvalue weighted by atomic mass is 10.4. The second-order valence-electron chi connectivity index (χ2n) is 2.60. The van der Waals surface area contributed by atoms with Crippen molar-refractivity contribution in [2.24, 2.45) is 5.92 Å². The van der Waals surface area contributed by atoms with Gasteiger partial charge in [0.2, 0.25) is 0 Å². The molecule has 0 aliphatic heterocycles. The van der Waals surface area contributed by atoms with E-state index in [1.54, 1.807) is 6.08 Å². The largest absolute Gasteiger partial charge is 0.411 e. The lowest BCUT2D eigenvalue weighted by molar-refractivity contribution is -0.177. The van der Waals surface area contributed by atoms with Gasteiger partial charge in [-0.1, -0.05) is 6.08 Å². The molecule has 0 amide bonds. The molecule has 1 saturated carbocycles. The summed E-state index contributed by atoms with van der Waals surface area (Å²) in [5.74, 6) is 0.136. The van der Waals surface area contributed by atoms with Gasteiger partial charge in [0.25, 0.3) is 0 Å². The quantitative estimate of drug-likeness (QED) is 0.583. The van der Waals surface area contributed by atoms with Gasteiger partial charge in [-0.15, -0.1) is 6.58 Å². The van der Waals surface area contributed by atoms with Crippen molar-refractivity contribution in [1.82, 2.24) is 0 Å². The Morgan fingerprint density at radius 2 is 2.18 bits per heavy atom. The first kappa shape index (κ1) is 8.59. The third-order valence-corrected chi connectivity index (χ3v) is 1.54. The third kappa shape index (κ3) is 2.93. The van der Waals surface area contributed by atoms with E-state index in [0.29, 0.717) is 6.42 Å². The first-order valence-corrected chi connectivity index (χ1v) is 3.34. The zero-order valence-corrected chi connectivity index (χ0v) is 5.90. The van der Waals surface area contributed by atoms with E-state index in [2.05, 4.69) is 11.3 Å². The highest BCUT2D eigenvalue weighted by Gasteiger charge is 2.39. The van der Waals surface area contributed by atoms with Crippen LogP contribution in [-0.4, -0.2) is 18.9 Å². The van der Waals surface area contributed by atoms with Crippen molar-refractivity contribution in [3.63, 3.8) is 0 Å². The molecule has 1 aliphatic carbocycles. The average Bonchev–Trinajstić information content (AvgIpc) is 2.60. The molecule has 0 saturated heterocycles. The van der Waals surface area contributed by atoms with Crippen LogP contribution in [0, 0.1) is 5.92 Å². The number of halogens is 3. The van der Waals surface area contributed by atoms with Crippen molar-refractivity contribution in [2.75, 3.05) is 6.61 Å². The molecule has 0 aromatic rings. The van der Waals surface area contributed by atoms with Crippen LogP contribution >= 0.6 is 0 Å². The number of alkyl halides is 3. The zero-order valence-electron chi connectivity index (χ0n) is 5.90. The molecule has 1 aliphatic rings. The Balaban J connectivity index is 2.11. The van der Waals surface area contributed by atoms with Crippen LogP contribution in [0.1, 0.15) is 6.42 Å².